The van der Waals surface area contributed by atoms with Crippen LogP contribution in [-0.4, -0.2) is 34.6 Å². The zero-order valence-corrected chi connectivity index (χ0v) is 15.5. The number of furan rings is 1. The van der Waals surface area contributed by atoms with Crippen LogP contribution >= 0.6 is 0 Å². The van der Waals surface area contributed by atoms with Crippen LogP contribution in [0.5, 0.6) is 0 Å². The van der Waals surface area contributed by atoms with Gasteiger partial charge in [-0.25, -0.2) is 9.59 Å². The zero-order valence-electron chi connectivity index (χ0n) is 15.5. The van der Waals surface area contributed by atoms with E-state index in [4.69, 9.17) is 9.15 Å². The topological polar surface area (TPSA) is 126 Å². The number of ether oxygens (including phenoxy) is 1. The minimum absolute atomic E-state index is 0.000385. The van der Waals surface area contributed by atoms with Crippen molar-refractivity contribution < 1.29 is 23.5 Å². The third kappa shape index (κ3) is 4.98. The molecule has 0 saturated heterocycles. The maximum absolute atomic E-state index is 12.3. The monoisotopic (exact) mass is 372 g/mol. The van der Waals surface area contributed by atoms with Gasteiger partial charge in [-0.1, -0.05) is 0 Å². The summed E-state index contributed by atoms with van der Waals surface area (Å²) >= 11 is 0. The quantitative estimate of drug-likeness (QED) is 0.791. The predicted molar refractivity (Wildman–Crippen MR) is 94.2 cm³/mol. The first-order valence-electron chi connectivity index (χ1n) is 8.08. The lowest BCUT2D eigenvalue weighted by molar-refractivity contribution is -0.123. The van der Waals surface area contributed by atoms with Gasteiger partial charge in [-0.3, -0.25) is 14.7 Å². The largest absolute Gasteiger partial charge is 0.452 e. The van der Waals surface area contributed by atoms with Crippen LogP contribution in [0.4, 0.5) is 4.79 Å². The first kappa shape index (κ1) is 19.8. The molecular weight excluding hydrogens is 352 g/mol. The molecule has 2 heterocycles. The Bertz CT molecular complexity index is 898. The van der Waals surface area contributed by atoms with E-state index in [1.54, 1.807) is 49.9 Å². The van der Waals surface area contributed by atoms with E-state index in [0.29, 0.717) is 0 Å². The van der Waals surface area contributed by atoms with Crippen LogP contribution in [-0.2, 0) is 9.53 Å². The first-order chi connectivity index (χ1) is 12.6. The summed E-state index contributed by atoms with van der Waals surface area (Å²) in [6, 6.07) is 4.70. The number of hydrogen-bond donors (Lipinski definition) is 2. The van der Waals surface area contributed by atoms with Gasteiger partial charge in [0.05, 0.1) is 0 Å². The summed E-state index contributed by atoms with van der Waals surface area (Å²) in [5, 5.41) is 14.0. The molecule has 0 aliphatic rings. The van der Waals surface area contributed by atoms with Crippen LogP contribution in [0.3, 0.4) is 0 Å². The summed E-state index contributed by atoms with van der Waals surface area (Å²) in [5.41, 5.74) is -0.585. The van der Waals surface area contributed by atoms with E-state index in [1.165, 1.54) is 6.92 Å². The molecule has 9 heteroatoms. The molecule has 0 fully saturated rings. The van der Waals surface area contributed by atoms with Crippen molar-refractivity contribution in [3.63, 3.8) is 0 Å². The van der Waals surface area contributed by atoms with E-state index in [-0.39, 0.29) is 22.8 Å². The van der Waals surface area contributed by atoms with Crippen LogP contribution < -0.4 is 10.6 Å². The lowest BCUT2D eigenvalue weighted by atomic mass is 10.1. The highest BCUT2D eigenvalue weighted by Crippen LogP contribution is 2.26. The Morgan fingerprint density at radius 3 is 2.44 bits per heavy atom. The Hall–Kier alpha value is -3.54. The third-order valence-electron chi connectivity index (χ3n) is 3.30. The first-order valence-corrected chi connectivity index (χ1v) is 8.08. The average molecular weight is 372 g/mol. The van der Waals surface area contributed by atoms with Crippen molar-refractivity contribution >= 4 is 17.9 Å². The van der Waals surface area contributed by atoms with Crippen molar-refractivity contribution in [3.05, 3.63) is 41.4 Å². The maximum Gasteiger partial charge on any atom is 0.343 e. The SMILES string of the molecule is Cc1oc(-n2cccc2)c(C#N)c1C(=O)OCC(=O)NC(=O)NC(C)(C)C. The van der Waals surface area contributed by atoms with Crippen LogP contribution in [0, 0.1) is 18.3 Å². The highest BCUT2D eigenvalue weighted by atomic mass is 16.5. The van der Waals surface area contributed by atoms with Gasteiger partial charge in [0.25, 0.3) is 5.91 Å². The number of aryl methyl sites for hydroxylation is 1. The summed E-state index contributed by atoms with van der Waals surface area (Å²) in [5.74, 6) is -1.32. The van der Waals surface area contributed by atoms with Gasteiger partial charge in [-0.2, -0.15) is 5.26 Å². The highest BCUT2D eigenvalue weighted by Gasteiger charge is 2.26. The number of amides is 3. The van der Waals surface area contributed by atoms with Crippen LogP contribution in [0.25, 0.3) is 5.88 Å². The molecule has 2 aromatic rings. The molecule has 2 rings (SSSR count). The van der Waals surface area contributed by atoms with E-state index < -0.39 is 30.1 Å². The molecule has 0 aliphatic heterocycles. The summed E-state index contributed by atoms with van der Waals surface area (Å²) in [6.45, 7) is 6.10. The van der Waals surface area contributed by atoms with Gasteiger partial charge in [-0.15, -0.1) is 0 Å². The van der Waals surface area contributed by atoms with Crippen molar-refractivity contribution in [2.45, 2.75) is 33.2 Å². The second-order valence-corrected chi connectivity index (χ2v) is 6.74. The number of esters is 1. The lowest BCUT2D eigenvalue weighted by Crippen LogP contribution is -2.49. The van der Waals surface area contributed by atoms with Gasteiger partial charge in [-0.05, 0) is 39.8 Å². The molecule has 142 valence electrons. The van der Waals surface area contributed by atoms with Crippen molar-refractivity contribution in [2.75, 3.05) is 6.61 Å². The number of nitrogens with zero attached hydrogens (tertiary/aromatic N) is 2. The van der Waals surface area contributed by atoms with Crippen LogP contribution in [0.15, 0.2) is 28.9 Å². The van der Waals surface area contributed by atoms with E-state index in [0.717, 1.165) is 0 Å². The summed E-state index contributed by atoms with van der Waals surface area (Å²) in [4.78, 5) is 35.7. The summed E-state index contributed by atoms with van der Waals surface area (Å²) in [7, 11) is 0. The van der Waals surface area contributed by atoms with Crippen molar-refractivity contribution in [1.82, 2.24) is 15.2 Å². The van der Waals surface area contributed by atoms with Crippen molar-refractivity contribution in [3.8, 4) is 12.0 Å². The fourth-order valence-corrected chi connectivity index (χ4v) is 2.27. The Kier molecular flexibility index (Phi) is 5.70. The van der Waals surface area contributed by atoms with Crippen molar-refractivity contribution in [2.24, 2.45) is 0 Å². The second-order valence-electron chi connectivity index (χ2n) is 6.74. The zero-order chi connectivity index (χ0) is 20.2. The van der Waals surface area contributed by atoms with E-state index in [9.17, 15) is 19.6 Å². The Labute approximate surface area is 155 Å². The van der Waals surface area contributed by atoms with Gasteiger partial charge >= 0.3 is 12.0 Å². The average Bonchev–Trinajstić information content (AvgIpc) is 3.17. The number of aromatic nitrogens is 1. The molecule has 27 heavy (non-hydrogen) atoms. The maximum atomic E-state index is 12.3. The molecule has 0 aromatic carbocycles. The number of nitriles is 1. The molecule has 2 N–H and O–H groups in total. The van der Waals surface area contributed by atoms with Crippen molar-refractivity contribution in [1.29, 1.82) is 5.26 Å². The van der Waals surface area contributed by atoms with E-state index in [1.807, 2.05) is 6.07 Å². The van der Waals surface area contributed by atoms with E-state index in [2.05, 4.69) is 10.6 Å². The van der Waals surface area contributed by atoms with Gasteiger partial charge < -0.3 is 14.5 Å². The molecule has 0 spiro atoms. The normalized spacial score (nSPS) is 10.8. The number of imide groups is 1. The lowest BCUT2D eigenvalue weighted by Gasteiger charge is -2.20. The predicted octanol–water partition coefficient (Wildman–Crippen LogP) is 2.03. The molecule has 9 nitrogen and oxygen atoms in total. The molecule has 3 amide bonds. The second kappa shape index (κ2) is 7.78. The molecule has 0 aliphatic carbocycles. The third-order valence-corrected chi connectivity index (χ3v) is 3.30. The highest BCUT2D eigenvalue weighted by molar-refractivity contribution is 5.98. The number of carbonyl (C=O) groups is 3. The van der Waals surface area contributed by atoms with Crippen LogP contribution in [0.2, 0.25) is 0 Å². The molecule has 0 saturated carbocycles. The molecule has 0 atom stereocenters. The van der Waals surface area contributed by atoms with Gasteiger partial charge in [0.1, 0.15) is 23.0 Å². The minimum atomic E-state index is -0.891. The smallest absolute Gasteiger partial charge is 0.343 e. The number of urea groups is 1. The Morgan fingerprint density at radius 1 is 1.26 bits per heavy atom. The number of rotatable bonds is 4. The fraction of sp³-hybridized carbons (Fsp3) is 0.333. The summed E-state index contributed by atoms with van der Waals surface area (Å²) in [6.07, 6.45) is 3.32. The van der Waals surface area contributed by atoms with Gasteiger partial charge in [0.2, 0.25) is 5.88 Å². The van der Waals surface area contributed by atoms with Gasteiger partial charge in [0.15, 0.2) is 6.61 Å². The fourth-order valence-electron chi connectivity index (χ4n) is 2.27. The molecule has 0 bridgehead atoms. The van der Waals surface area contributed by atoms with Gasteiger partial charge in [0, 0.05) is 17.9 Å². The molecule has 2 aromatic heterocycles. The molecule has 0 unspecified atom stereocenters. The van der Waals surface area contributed by atoms with Crippen LogP contribution in [0.1, 0.15) is 42.5 Å². The number of hydrogen-bond acceptors (Lipinski definition) is 6. The Balaban J connectivity index is 2.06. The standard InChI is InChI=1S/C18H20N4O5/c1-11-14(12(9-19)15(27-11)22-7-5-6-8-22)16(24)26-10-13(23)20-17(25)21-18(2,3)4/h5-8H,10H2,1-4H3,(H2,20,21,23,25). The number of nitrogens with one attached hydrogen (secondary N) is 2. The van der Waals surface area contributed by atoms with E-state index >= 15 is 0 Å². The minimum Gasteiger partial charge on any atom is -0.452 e. The molecule has 0 radical (unpaired) electrons. The number of carbonyl (C=O) groups excluding carboxylic acids is 3. The summed E-state index contributed by atoms with van der Waals surface area (Å²) < 4.78 is 12.0. The molecular formula is C18H20N4O5. The Morgan fingerprint density at radius 2 is 1.89 bits per heavy atom.